The number of halogens is 3. The second-order valence-corrected chi connectivity index (χ2v) is 27.0. The zero-order chi connectivity index (χ0) is 62.2. The van der Waals surface area contributed by atoms with E-state index in [1.807, 2.05) is 54.2 Å². The van der Waals surface area contributed by atoms with Crippen molar-refractivity contribution in [3.8, 4) is 61.8 Å². The summed E-state index contributed by atoms with van der Waals surface area (Å²) in [5, 5.41) is 2.09. The summed E-state index contributed by atoms with van der Waals surface area (Å²) >= 11 is 0. The van der Waals surface area contributed by atoms with Crippen molar-refractivity contribution in [2.75, 3.05) is 9.80 Å². The van der Waals surface area contributed by atoms with E-state index >= 15 is 13.2 Å². The number of benzene rings is 9. The zero-order valence-corrected chi connectivity index (χ0v) is 55.5. The first-order valence-electron chi connectivity index (χ1n) is 30.8. The predicted octanol–water partition coefficient (Wildman–Crippen LogP) is 23.2. The van der Waals surface area contributed by atoms with Gasteiger partial charge in [-0.2, -0.15) is 6.07 Å². The Bertz CT molecular complexity index is 4410. The first-order chi connectivity index (χ1) is 41.9. The summed E-state index contributed by atoms with van der Waals surface area (Å²) in [4.78, 5) is 9.09. The first-order valence-corrected chi connectivity index (χ1v) is 30.8. The average molecular weight is 1360 g/mol. The number of anilines is 4. The van der Waals surface area contributed by atoms with Crippen molar-refractivity contribution in [3.05, 3.63) is 246 Å². The van der Waals surface area contributed by atoms with E-state index in [1.54, 1.807) is 0 Å². The Hall–Kier alpha value is -8.19. The number of fused-ring (bicyclic) bond motifs is 4. The Morgan fingerprint density at radius 3 is 1.70 bits per heavy atom. The van der Waals surface area contributed by atoms with Crippen LogP contribution in [0.1, 0.15) is 154 Å². The molecule has 0 fully saturated rings. The summed E-state index contributed by atoms with van der Waals surface area (Å²) in [6, 6.07) is 64.0. The predicted molar refractivity (Wildman–Crippen MR) is 360 cm³/mol. The van der Waals surface area contributed by atoms with Crippen LogP contribution in [0.5, 0.6) is 11.5 Å². The molecule has 3 heterocycles. The molecule has 9 heteroatoms. The van der Waals surface area contributed by atoms with Crippen molar-refractivity contribution in [2.45, 2.75) is 131 Å². The SMILES string of the molecule is CC(C)c1cc(-c2cc(C(C)(C)C)cc(-c3c(F)cc(F)cc3F)c2N2[CH-]N(c3[c-]c(Oc4[c-]c5c(cc4)c4ccccc4n5-c4cc(C(C)(C)C)ccn4)cc(-c4c(C(C)C)cc(-c5ccccc5)cc4C(C)C)c3)c3ccccc32)cc(C(C)C)c1.[Pt]. The number of para-hydroxylation sites is 3. The Morgan fingerprint density at radius 1 is 0.483 bits per heavy atom. The molecule has 0 radical (unpaired) electrons. The molecule has 0 atom stereocenters. The third-order valence-corrected chi connectivity index (χ3v) is 17.3. The first kappa shape index (κ1) is 62.4. The Labute approximate surface area is 538 Å². The summed E-state index contributed by atoms with van der Waals surface area (Å²) in [6.07, 6.45) is 1.88. The number of rotatable bonds is 13. The number of aromatic nitrogens is 2. The third kappa shape index (κ3) is 12.0. The molecular formula is C80H76F3N4OPt-3. The standard InChI is InChI=1S/C80H76F3N4O.Pt/c1-47(2)52-32-53(48(3)4)34-55(33-52)67-39-58(80(12,13)14)40-68(77-69(82)42-59(81)43-70(77)83)78(67)86-46-85(72-26-20-21-27-73(72)86)60-35-56(76-65(49(5)6)37-54(38-66(76)50(7)8)51-22-16-15-17-23-51)36-62(44-60)88-61-28-29-64-63-24-18-19-25-71(63)87(74(64)45-61)75-41-57(30-31-84-75)79(9,10)11;/h15-43,46-50H,1-14H3;/q-3;. The maximum atomic E-state index is 16.9. The minimum absolute atomic E-state index is 0. The normalized spacial score (nSPS) is 12.8. The number of hydrogen-bond donors (Lipinski definition) is 0. The van der Waals surface area contributed by atoms with Crippen LogP contribution in [0, 0.1) is 36.3 Å². The van der Waals surface area contributed by atoms with Gasteiger partial charge in [0.15, 0.2) is 0 Å². The van der Waals surface area contributed by atoms with Crippen LogP contribution >= 0.6 is 0 Å². The summed E-state index contributed by atoms with van der Waals surface area (Å²) in [6.45, 7) is 32.6. The molecule has 89 heavy (non-hydrogen) atoms. The van der Waals surface area contributed by atoms with Gasteiger partial charge in [0.1, 0.15) is 23.3 Å². The topological polar surface area (TPSA) is 33.5 Å². The maximum absolute atomic E-state index is 16.9. The summed E-state index contributed by atoms with van der Waals surface area (Å²) in [7, 11) is 0. The number of hydrogen-bond acceptors (Lipinski definition) is 4. The van der Waals surface area contributed by atoms with Crippen LogP contribution in [0.4, 0.5) is 35.9 Å². The Kier molecular flexibility index (Phi) is 17.0. The van der Waals surface area contributed by atoms with Gasteiger partial charge in [-0.05, 0) is 138 Å². The minimum atomic E-state index is -0.994. The molecule has 0 spiro atoms. The van der Waals surface area contributed by atoms with Gasteiger partial charge < -0.3 is 19.1 Å². The fourth-order valence-corrected chi connectivity index (χ4v) is 12.4. The Morgan fingerprint density at radius 2 is 1.08 bits per heavy atom. The van der Waals surface area contributed by atoms with Gasteiger partial charge in [-0.3, -0.25) is 0 Å². The number of nitrogens with zero attached hydrogens (tertiary/aromatic N) is 4. The van der Waals surface area contributed by atoms with Gasteiger partial charge in [0.25, 0.3) is 0 Å². The van der Waals surface area contributed by atoms with Crippen LogP contribution < -0.4 is 14.5 Å². The molecule has 11 aromatic rings. The van der Waals surface area contributed by atoms with Crippen LogP contribution in [-0.2, 0) is 31.9 Å². The number of pyridine rings is 1. The molecule has 12 rings (SSSR count). The monoisotopic (exact) mass is 1360 g/mol. The van der Waals surface area contributed by atoms with Gasteiger partial charge >= 0.3 is 0 Å². The molecule has 0 aliphatic carbocycles. The Balaban J connectivity index is 0.00000817. The number of ether oxygens (including phenoxy) is 1. The van der Waals surface area contributed by atoms with Crippen molar-refractivity contribution < 1.29 is 39.0 Å². The molecule has 456 valence electrons. The molecule has 0 amide bonds. The third-order valence-electron chi connectivity index (χ3n) is 17.3. The zero-order valence-electron chi connectivity index (χ0n) is 53.3. The summed E-state index contributed by atoms with van der Waals surface area (Å²) in [5.41, 5.74) is 16.7. The van der Waals surface area contributed by atoms with Crippen molar-refractivity contribution in [1.82, 2.24) is 9.55 Å². The molecule has 0 bridgehead atoms. The molecule has 0 N–H and O–H groups in total. The van der Waals surface area contributed by atoms with E-state index in [4.69, 9.17) is 9.72 Å². The van der Waals surface area contributed by atoms with Gasteiger partial charge in [-0.15, -0.1) is 53.6 Å². The van der Waals surface area contributed by atoms with Crippen molar-refractivity contribution in [1.29, 1.82) is 0 Å². The second kappa shape index (κ2) is 24.3. The van der Waals surface area contributed by atoms with Gasteiger partial charge in [0.2, 0.25) is 0 Å². The van der Waals surface area contributed by atoms with Crippen molar-refractivity contribution >= 4 is 44.6 Å². The molecule has 0 saturated carbocycles. The average Bonchev–Trinajstić information content (AvgIpc) is 1.71. The summed E-state index contributed by atoms with van der Waals surface area (Å²) in [5.74, 6) is -0.639. The van der Waals surface area contributed by atoms with E-state index in [2.05, 4.69) is 240 Å². The van der Waals surface area contributed by atoms with Gasteiger partial charge in [-0.25, -0.2) is 18.2 Å². The smallest absolute Gasteiger partial charge is 0.136 e. The molecular weight excluding hydrogens is 1280 g/mol. The quantitative estimate of drug-likeness (QED) is 0.108. The minimum Gasteiger partial charge on any atom is -0.509 e. The van der Waals surface area contributed by atoms with Gasteiger partial charge in [0.05, 0.1) is 5.56 Å². The molecule has 5 nitrogen and oxygen atoms in total. The van der Waals surface area contributed by atoms with Crippen molar-refractivity contribution in [3.63, 3.8) is 0 Å². The van der Waals surface area contributed by atoms with Crippen LogP contribution in [0.25, 0.3) is 72.1 Å². The molecule has 0 unspecified atom stereocenters. The van der Waals surface area contributed by atoms with Crippen molar-refractivity contribution in [2.24, 2.45) is 0 Å². The van der Waals surface area contributed by atoms with E-state index < -0.39 is 22.9 Å². The van der Waals surface area contributed by atoms with Crippen LogP contribution in [0.3, 0.4) is 0 Å². The molecule has 1 aliphatic heterocycles. The largest absolute Gasteiger partial charge is 0.509 e. The molecule has 2 aromatic heterocycles. The van der Waals surface area contributed by atoms with Gasteiger partial charge in [-0.1, -0.05) is 193 Å². The van der Waals surface area contributed by atoms with E-state index in [-0.39, 0.29) is 55.7 Å². The van der Waals surface area contributed by atoms with Crippen LogP contribution in [-0.4, -0.2) is 9.55 Å². The molecule has 1 aliphatic rings. The van der Waals surface area contributed by atoms with Crippen LogP contribution in [0.15, 0.2) is 176 Å². The molecule has 0 saturated heterocycles. The van der Waals surface area contributed by atoms with E-state index in [9.17, 15) is 0 Å². The van der Waals surface area contributed by atoms with E-state index in [1.165, 1.54) is 11.1 Å². The fraction of sp³-hybridized carbons (Fsp3) is 0.250. The van der Waals surface area contributed by atoms with Gasteiger partial charge in [0, 0.05) is 84.6 Å². The van der Waals surface area contributed by atoms with E-state index in [0.29, 0.717) is 28.4 Å². The molecule has 9 aromatic carbocycles. The summed E-state index contributed by atoms with van der Waals surface area (Å²) < 4.78 is 58.3. The van der Waals surface area contributed by atoms with E-state index in [0.717, 1.165) is 107 Å². The fourth-order valence-electron chi connectivity index (χ4n) is 12.4. The maximum Gasteiger partial charge on any atom is 0.136 e. The second-order valence-electron chi connectivity index (χ2n) is 27.0. The van der Waals surface area contributed by atoms with Crippen LogP contribution in [0.2, 0.25) is 0 Å².